The third kappa shape index (κ3) is 9.39. The summed E-state index contributed by atoms with van der Waals surface area (Å²) in [6.45, 7) is 13.8. The molecular weight excluding hydrogens is 650 g/mol. The van der Waals surface area contributed by atoms with E-state index in [0.29, 0.717) is 0 Å². The van der Waals surface area contributed by atoms with Gasteiger partial charge in [-0.2, -0.15) is 0 Å². The van der Waals surface area contributed by atoms with Crippen LogP contribution in [0, 0.1) is 85.9 Å². The van der Waals surface area contributed by atoms with Crippen LogP contribution in [-0.4, -0.2) is 0 Å². The average Bonchev–Trinajstić information content (AvgIpc) is 3.53. The summed E-state index contributed by atoms with van der Waals surface area (Å²) in [7, 11) is 0. The Morgan fingerprint density at radius 1 is 0.429 bits per heavy atom. The maximum Gasteiger partial charge on any atom is 3.00 e. The molecule has 0 amide bonds. The molecule has 2 aromatic rings. The Kier molecular flexibility index (Phi) is 16.0. The maximum atomic E-state index is 2.42. The van der Waals surface area contributed by atoms with Crippen molar-refractivity contribution in [3.05, 3.63) is 93.1 Å². The molecule has 2 aromatic carbocycles. The minimum absolute atomic E-state index is 0. The molecule has 4 saturated carbocycles. The van der Waals surface area contributed by atoms with E-state index in [0.717, 1.165) is 35.5 Å². The van der Waals surface area contributed by atoms with Gasteiger partial charge < -0.3 is 22.3 Å². The van der Waals surface area contributed by atoms with Crippen LogP contribution < -0.4 is 0 Å². The SMILES string of the molecule is CC(C)(C)c1ccc(C2CCC3CCCCC32)cc1.CC(C)(C)c1ccc(C2CCC3CCCCC32)cc1.[CH3-].[CH3-].[CH3-].[Gd+3]. The summed E-state index contributed by atoms with van der Waals surface area (Å²) in [5.41, 5.74) is 6.72. The number of hydrogen-bond donors (Lipinski definition) is 0. The first kappa shape index (κ1) is 39.8. The molecule has 4 aliphatic rings. The van der Waals surface area contributed by atoms with Crippen molar-refractivity contribution in [2.45, 2.75) is 141 Å². The molecule has 42 heavy (non-hydrogen) atoms. The summed E-state index contributed by atoms with van der Waals surface area (Å²) < 4.78 is 0. The van der Waals surface area contributed by atoms with Gasteiger partial charge >= 0.3 is 39.9 Å². The third-order valence-corrected chi connectivity index (χ3v) is 11.1. The van der Waals surface area contributed by atoms with Crippen molar-refractivity contribution in [3.63, 3.8) is 0 Å². The first-order chi connectivity index (χ1) is 18.1. The molecule has 0 bridgehead atoms. The van der Waals surface area contributed by atoms with Crippen molar-refractivity contribution in [3.8, 4) is 0 Å². The van der Waals surface area contributed by atoms with Gasteiger partial charge in [0, 0.05) is 0 Å². The zero-order valence-electron chi connectivity index (χ0n) is 28.9. The molecule has 1 heteroatoms. The maximum absolute atomic E-state index is 2.42. The van der Waals surface area contributed by atoms with Gasteiger partial charge in [0.15, 0.2) is 0 Å². The summed E-state index contributed by atoms with van der Waals surface area (Å²) in [4.78, 5) is 0. The number of benzene rings is 2. The minimum Gasteiger partial charge on any atom is -0.358 e. The van der Waals surface area contributed by atoms with Gasteiger partial charge in [0.25, 0.3) is 0 Å². The third-order valence-electron chi connectivity index (χ3n) is 11.1. The van der Waals surface area contributed by atoms with Crippen LogP contribution in [0.4, 0.5) is 0 Å². The fraction of sp³-hybridized carbons (Fsp3) is 0.634. The smallest absolute Gasteiger partial charge is 0.358 e. The second-order valence-electron chi connectivity index (χ2n) is 15.5. The van der Waals surface area contributed by atoms with Crippen molar-refractivity contribution >= 4 is 0 Å². The molecule has 4 aliphatic carbocycles. The van der Waals surface area contributed by atoms with E-state index in [-0.39, 0.29) is 73.1 Å². The molecule has 0 saturated heterocycles. The van der Waals surface area contributed by atoms with E-state index in [2.05, 4.69) is 90.1 Å². The fourth-order valence-electron chi connectivity index (χ4n) is 8.75. The van der Waals surface area contributed by atoms with Crippen molar-refractivity contribution in [1.29, 1.82) is 0 Å². The van der Waals surface area contributed by atoms with Crippen LogP contribution in [0.25, 0.3) is 0 Å². The summed E-state index contributed by atoms with van der Waals surface area (Å²) in [6.07, 6.45) is 17.7. The molecule has 0 aliphatic heterocycles. The normalized spacial score (nSPS) is 28.2. The van der Waals surface area contributed by atoms with Crippen molar-refractivity contribution in [2.24, 2.45) is 23.7 Å². The second-order valence-corrected chi connectivity index (χ2v) is 15.5. The van der Waals surface area contributed by atoms with Gasteiger partial charge in [-0.15, -0.1) is 0 Å². The number of rotatable bonds is 2. The predicted octanol–water partition coefficient (Wildman–Crippen LogP) is 12.7. The standard InChI is InChI=1S/2C19H28.3CH3.Gd/c2*1-19(2,3)16-11-8-15(9-12-16)18-13-10-14-6-4-5-7-17(14)18;;;;/h2*8-9,11-12,14,17-18H,4-7,10,13H2,1-3H3;3*1H3;/q;;3*-1;+3. The Morgan fingerprint density at radius 2 is 0.738 bits per heavy atom. The average molecular weight is 715 g/mol. The Bertz CT molecular complexity index is 933. The summed E-state index contributed by atoms with van der Waals surface area (Å²) >= 11 is 0. The van der Waals surface area contributed by atoms with E-state index < -0.39 is 0 Å². The van der Waals surface area contributed by atoms with Crippen LogP contribution in [0.15, 0.2) is 48.5 Å². The Balaban J connectivity index is 0.000000383. The van der Waals surface area contributed by atoms with E-state index in [9.17, 15) is 0 Å². The second kappa shape index (κ2) is 16.9. The predicted molar refractivity (Wildman–Crippen MR) is 184 cm³/mol. The largest absolute Gasteiger partial charge is 3.00 e. The van der Waals surface area contributed by atoms with Crippen LogP contribution in [0.5, 0.6) is 0 Å². The zero-order valence-corrected chi connectivity index (χ0v) is 31.2. The molecule has 4 fully saturated rings. The van der Waals surface area contributed by atoms with Crippen LogP contribution >= 0.6 is 0 Å². The number of hydrogen-bond acceptors (Lipinski definition) is 0. The van der Waals surface area contributed by atoms with Gasteiger partial charge in [0.2, 0.25) is 0 Å². The molecule has 237 valence electrons. The first-order valence-electron chi connectivity index (χ1n) is 16.3. The summed E-state index contributed by atoms with van der Waals surface area (Å²) in [5, 5.41) is 0. The molecule has 0 aromatic heterocycles. The van der Waals surface area contributed by atoms with E-state index >= 15 is 0 Å². The zero-order chi connectivity index (χ0) is 26.9. The molecular formula is C41H65Gd. The minimum atomic E-state index is 0. The first-order valence-corrected chi connectivity index (χ1v) is 16.3. The van der Waals surface area contributed by atoms with Crippen LogP contribution in [-0.2, 0) is 10.8 Å². The molecule has 0 spiro atoms. The quantitative estimate of drug-likeness (QED) is 0.272. The monoisotopic (exact) mass is 715 g/mol. The summed E-state index contributed by atoms with van der Waals surface area (Å²) in [5.74, 6) is 5.80. The van der Waals surface area contributed by atoms with Gasteiger partial charge in [-0.25, -0.2) is 0 Å². The van der Waals surface area contributed by atoms with Gasteiger partial charge in [0.05, 0.1) is 0 Å². The van der Waals surface area contributed by atoms with Crippen molar-refractivity contribution in [1.82, 2.24) is 0 Å². The Labute approximate surface area is 295 Å². The molecule has 0 heterocycles. The number of fused-ring (bicyclic) bond motifs is 2. The summed E-state index contributed by atoms with van der Waals surface area (Å²) in [6, 6.07) is 19.1. The van der Waals surface area contributed by atoms with Gasteiger partial charge in [-0.05, 0) is 107 Å². The Hall–Kier alpha value is -0.235. The van der Waals surface area contributed by atoms with Crippen molar-refractivity contribution in [2.75, 3.05) is 0 Å². The van der Waals surface area contributed by atoms with E-state index in [1.54, 1.807) is 11.1 Å². The van der Waals surface area contributed by atoms with Gasteiger partial charge in [-0.1, -0.05) is 129 Å². The van der Waals surface area contributed by atoms with Crippen LogP contribution in [0.1, 0.15) is 153 Å². The van der Waals surface area contributed by atoms with Gasteiger partial charge in [0.1, 0.15) is 0 Å². The molecule has 0 nitrogen and oxygen atoms in total. The van der Waals surface area contributed by atoms with Crippen molar-refractivity contribution < 1.29 is 39.9 Å². The molecule has 6 unspecified atom stereocenters. The molecule has 0 N–H and O–H groups in total. The molecule has 6 rings (SSSR count). The fourth-order valence-corrected chi connectivity index (χ4v) is 8.75. The van der Waals surface area contributed by atoms with E-state index in [4.69, 9.17) is 0 Å². The Morgan fingerprint density at radius 3 is 1.05 bits per heavy atom. The van der Waals surface area contributed by atoms with Gasteiger partial charge in [-0.3, -0.25) is 0 Å². The van der Waals surface area contributed by atoms with Crippen LogP contribution in [0.3, 0.4) is 0 Å². The molecule has 1 radical (unpaired) electrons. The molecule has 6 atom stereocenters. The van der Waals surface area contributed by atoms with E-state index in [1.807, 2.05) is 0 Å². The van der Waals surface area contributed by atoms with Crippen LogP contribution in [0.2, 0.25) is 0 Å². The topological polar surface area (TPSA) is 0 Å². The van der Waals surface area contributed by atoms with E-state index in [1.165, 1.54) is 88.2 Å².